The molecule has 5 rings (SSSR count). The third kappa shape index (κ3) is 4.61. The fraction of sp³-hybridized carbons (Fsp3) is 0.308. The van der Waals surface area contributed by atoms with Gasteiger partial charge < -0.3 is 14.4 Å². The summed E-state index contributed by atoms with van der Waals surface area (Å²) in [7, 11) is 0. The molecule has 0 aliphatic heterocycles. The van der Waals surface area contributed by atoms with E-state index in [1.807, 2.05) is 30.3 Å². The van der Waals surface area contributed by atoms with Crippen LogP contribution in [0.2, 0.25) is 5.02 Å². The van der Waals surface area contributed by atoms with Gasteiger partial charge in [-0.1, -0.05) is 61.7 Å². The summed E-state index contributed by atoms with van der Waals surface area (Å²) in [4.78, 5) is 24.6. The molecule has 4 aromatic rings. The fourth-order valence-electron chi connectivity index (χ4n) is 4.80. The van der Waals surface area contributed by atoms with Gasteiger partial charge in [0, 0.05) is 36.3 Å². The summed E-state index contributed by atoms with van der Waals surface area (Å²) >= 11 is 6.24. The number of pyridine rings is 1. The SMILES string of the molecule is C[C@H]1CC[C@H](Cn2cc(-c3ccccc3)c3nc(OC(=O)O)nc(-c4cncc(Cl)c4)c32)CC1. The average Bonchev–Trinajstić information content (AvgIpc) is 3.18. The molecule has 3 heterocycles. The Kier molecular flexibility index (Phi) is 6.20. The van der Waals surface area contributed by atoms with Crippen LogP contribution in [0.5, 0.6) is 6.01 Å². The highest BCUT2D eigenvalue weighted by Crippen LogP contribution is 2.38. The Morgan fingerprint density at radius 1 is 1.12 bits per heavy atom. The molecule has 0 unspecified atom stereocenters. The summed E-state index contributed by atoms with van der Waals surface area (Å²) in [6.07, 6.45) is 8.66. The predicted octanol–water partition coefficient (Wildman–Crippen LogP) is 6.70. The quantitative estimate of drug-likeness (QED) is 0.322. The third-order valence-corrected chi connectivity index (χ3v) is 6.73. The second kappa shape index (κ2) is 9.43. The Balaban J connectivity index is 1.73. The van der Waals surface area contributed by atoms with Crippen molar-refractivity contribution in [1.82, 2.24) is 19.5 Å². The van der Waals surface area contributed by atoms with Crippen molar-refractivity contribution in [2.75, 3.05) is 0 Å². The molecular weight excluding hydrogens is 452 g/mol. The zero-order valence-corrected chi connectivity index (χ0v) is 19.6. The number of carbonyl (C=O) groups is 1. The van der Waals surface area contributed by atoms with E-state index in [0.717, 1.165) is 29.1 Å². The van der Waals surface area contributed by atoms with E-state index in [2.05, 4.69) is 32.6 Å². The highest BCUT2D eigenvalue weighted by molar-refractivity contribution is 6.30. The second-order valence-electron chi connectivity index (χ2n) is 9.00. The van der Waals surface area contributed by atoms with Gasteiger partial charge >= 0.3 is 12.2 Å². The summed E-state index contributed by atoms with van der Waals surface area (Å²) in [6, 6.07) is 11.5. The van der Waals surface area contributed by atoms with Gasteiger partial charge in [0.15, 0.2) is 0 Å². The van der Waals surface area contributed by atoms with Crippen molar-refractivity contribution in [2.45, 2.75) is 39.2 Å². The molecule has 1 N–H and O–H groups in total. The number of nitrogens with zero attached hydrogens (tertiary/aromatic N) is 4. The molecule has 1 saturated carbocycles. The molecule has 1 fully saturated rings. The number of fused-ring (bicyclic) bond motifs is 1. The molecule has 1 aliphatic rings. The molecule has 1 aromatic carbocycles. The molecular formula is C26H25ClN4O3. The predicted molar refractivity (Wildman–Crippen MR) is 131 cm³/mol. The van der Waals surface area contributed by atoms with Crippen molar-refractivity contribution in [1.29, 1.82) is 0 Å². The largest absolute Gasteiger partial charge is 0.513 e. The molecule has 0 spiro atoms. The number of rotatable bonds is 5. The lowest BCUT2D eigenvalue weighted by atomic mass is 9.83. The van der Waals surface area contributed by atoms with Crippen LogP contribution in [0, 0.1) is 11.8 Å². The van der Waals surface area contributed by atoms with E-state index in [0.29, 0.717) is 27.7 Å². The molecule has 34 heavy (non-hydrogen) atoms. The highest BCUT2D eigenvalue weighted by atomic mass is 35.5. The molecule has 0 radical (unpaired) electrons. The number of hydrogen-bond donors (Lipinski definition) is 1. The number of hydrogen-bond acceptors (Lipinski definition) is 5. The molecule has 174 valence electrons. The number of aromatic nitrogens is 4. The van der Waals surface area contributed by atoms with E-state index in [9.17, 15) is 9.90 Å². The molecule has 0 amide bonds. The zero-order valence-electron chi connectivity index (χ0n) is 18.8. The normalized spacial score (nSPS) is 18.2. The first-order valence-electron chi connectivity index (χ1n) is 11.5. The number of ether oxygens (including phenoxy) is 1. The molecule has 3 aromatic heterocycles. The fourth-order valence-corrected chi connectivity index (χ4v) is 4.98. The van der Waals surface area contributed by atoms with Crippen molar-refractivity contribution >= 4 is 28.8 Å². The van der Waals surface area contributed by atoms with Gasteiger partial charge in [0.2, 0.25) is 0 Å². The summed E-state index contributed by atoms with van der Waals surface area (Å²) < 4.78 is 7.12. The zero-order chi connectivity index (χ0) is 23.7. The van der Waals surface area contributed by atoms with Crippen LogP contribution < -0.4 is 4.74 Å². The van der Waals surface area contributed by atoms with Gasteiger partial charge in [-0.3, -0.25) is 4.98 Å². The standard InChI is InChI=1S/C26H25ClN4O3/c1-16-7-9-17(10-8-16)14-31-15-21(18-5-3-2-4-6-18)23-24(31)22(19-11-20(27)13-28-12-19)29-25(30-23)34-26(32)33/h2-6,11-13,15-17H,7-10,14H2,1H3,(H,32,33)/t16-,17-. The van der Waals surface area contributed by atoms with Crippen molar-refractivity contribution < 1.29 is 14.6 Å². The summed E-state index contributed by atoms with van der Waals surface area (Å²) in [5, 5.41) is 9.70. The van der Waals surface area contributed by atoms with Gasteiger partial charge in [-0.15, -0.1) is 0 Å². The lowest BCUT2D eigenvalue weighted by Crippen LogP contribution is -2.17. The number of carboxylic acid groups (broad SMARTS) is 1. The van der Waals surface area contributed by atoms with Gasteiger partial charge in [0.05, 0.1) is 10.5 Å². The van der Waals surface area contributed by atoms with E-state index < -0.39 is 6.16 Å². The molecule has 0 bridgehead atoms. The maximum Gasteiger partial charge on any atom is 0.513 e. The monoisotopic (exact) mass is 476 g/mol. The van der Waals surface area contributed by atoms with Crippen LogP contribution in [-0.4, -0.2) is 30.8 Å². The van der Waals surface area contributed by atoms with Crippen LogP contribution in [0.25, 0.3) is 33.4 Å². The first kappa shape index (κ1) is 22.3. The lowest BCUT2D eigenvalue weighted by molar-refractivity contribution is 0.140. The van der Waals surface area contributed by atoms with Crippen molar-refractivity contribution in [3.63, 3.8) is 0 Å². The summed E-state index contributed by atoms with van der Waals surface area (Å²) in [5.74, 6) is 1.32. The topological polar surface area (TPSA) is 90.1 Å². The third-order valence-electron chi connectivity index (χ3n) is 6.52. The minimum Gasteiger partial charge on any atom is -0.449 e. The van der Waals surface area contributed by atoms with Gasteiger partial charge in [0.1, 0.15) is 11.2 Å². The van der Waals surface area contributed by atoms with E-state index in [1.165, 1.54) is 25.7 Å². The van der Waals surface area contributed by atoms with Crippen LogP contribution in [0.15, 0.2) is 55.0 Å². The second-order valence-corrected chi connectivity index (χ2v) is 9.44. The smallest absolute Gasteiger partial charge is 0.449 e. The Bertz CT molecular complexity index is 1330. The van der Waals surface area contributed by atoms with Crippen LogP contribution in [0.3, 0.4) is 0 Å². The average molecular weight is 477 g/mol. The Morgan fingerprint density at radius 3 is 2.59 bits per heavy atom. The minimum atomic E-state index is -1.47. The highest BCUT2D eigenvalue weighted by Gasteiger charge is 2.24. The van der Waals surface area contributed by atoms with Crippen molar-refractivity contribution in [2.24, 2.45) is 11.8 Å². The van der Waals surface area contributed by atoms with Crippen LogP contribution in [-0.2, 0) is 6.54 Å². The first-order chi connectivity index (χ1) is 16.5. The number of benzene rings is 1. The van der Waals surface area contributed by atoms with Gasteiger partial charge in [-0.05, 0) is 36.3 Å². The Labute approximate surface area is 202 Å². The molecule has 7 nitrogen and oxygen atoms in total. The molecule has 0 atom stereocenters. The van der Waals surface area contributed by atoms with Gasteiger partial charge in [-0.25, -0.2) is 4.79 Å². The molecule has 0 saturated heterocycles. The van der Waals surface area contributed by atoms with Crippen LogP contribution >= 0.6 is 11.6 Å². The summed E-state index contributed by atoms with van der Waals surface area (Å²) in [6.45, 7) is 3.15. The van der Waals surface area contributed by atoms with Crippen LogP contribution in [0.1, 0.15) is 32.6 Å². The van der Waals surface area contributed by atoms with E-state index in [-0.39, 0.29) is 6.01 Å². The Hall–Kier alpha value is -3.45. The lowest BCUT2D eigenvalue weighted by Gasteiger charge is -2.26. The maximum absolute atomic E-state index is 11.3. The molecule has 8 heteroatoms. The van der Waals surface area contributed by atoms with E-state index in [4.69, 9.17) is 16.3 Å². The van der Waals surface area contributed by atoms with Crippen LogP contribution in [0.4, 0.5) is 4.79 Å². The Morgan fingerprint density at radius 2 is 1.88 bits per heavy atom. The van der Waals surface area contributed by atoms with Gasteiger partial charge in [0.25, 0.3) is 0 Å². The van der Waals surface area contributed by atoms with Gasteiger partial charge in [-0.2, -0.15) is 9.97 Å². The molecule has 1 aliphatic carbocycles. The van der Waals surface area contributed by atoms with Crippen molar-refractivity contribution in [3.05, 3.63) is 60.0 Å². The first-order valence-corrected chi connectivity index (χ1v) is 11.8. The minimum absolute atomic E-state index is 0.226. The summed E-state index contributed by atoms with van der Waals surface area (Å²) in [5.41, 5.74) is 4.55. The van der Waals surface area contributed by atoms with E-state index in [1.54, 1.807) is 18.5 Å². The number of halogens is 1. The van der Waals surface area contributed by atoms with E-state index >= 15 is 0 Å². The maximum atomic E-state index is 11.3. The van der Waals surface area contributed by atoms with Crippen molar-refractivity contribution in [3.8, 4) is 28.4 Å².